The van der Waals surface area contributed by atoms with Crippen molar-refractivity contribution in [3.63, 3.8) is 0 Å². The van der Waals surface area contributed by atoms with Crippen LogP contribution in [-0.2, 0) is 0 Å². The maximum absolute atomic E-state index is 12.5. The molecule has 0 unspecified atom stereocenters. The van der Waals surface area contributed by atoms with Crippen LogP contribution in [0, 0.1) is 6.92 Å². The fourth-order valence-corrected chi connectivity index (χ4v) is 3.13. The van der Waals surface area contributed by atoms with Gasteiger partial charge in [-0.1, -0.05) is 5.16 Å². The first kappa shape index (κ1) is 16.6. The summed E-state index contributed by atoms with van der Waals surface area (Å²) in [6.45, 7) is 5.52. The van der Waals surface area contributed by atoms with Gasteiger partial charge in [0, 0.05) is 24.9 Å². The number of ether oxygens (including phenoxy) is 1. The lowest BCUT2D eigenvalue weighted by Gasteiger charge is -2.14. The smallest absolute Gasteiger partial charge is 0.260 e. The van der Waals surface area contributed by atoms with Crippen LogP contribution in [0.15, 0.2) is 28.9 Å². The molecule has 0 aromatic carbocycles. The zero-order valence-corrected chi connectivity index (χ0v) is 14.6. The highest BCUT2D eigenvalue weighted by molar-refractivity contribution is 6.11. The van der Waals surface area contributed by atoms with Crippen molar-refractivity contribution in [3.05, 3.63) is 35.7 Å². The molecular formula is C18H21N5O3. The first-order chi connectivity index (χ1) is 12.7. The minimum absolute atomic E-state index is 0.300. The number of carbonyl (C=O) groups is 1. The van der Waals surface area contributed by atoms with Crippen LogP contribution in [-0.4, -0.2) is 52.2 Å². The number of fused-ring (bicyclic) bond motifs is 1. The molecule has 0 atom stereocenters. The Hall–Kier alpha value is -2.87. The number of aryl methyl sites for hydroxylation is 1. The number of hydrogen-bond acceptors (Lipinski definition) is 6. The number of carbonyl (C=O) groups excluding carboxylic acids is 1. The van der Waals surface area contributed by atoms with Gasteiger partial charge in [-0.25, -0.2) is 4.98 Å². The average Bonchev–Trinajstić information content (AvgIpc) is 3.36. The summed E-state index contributed by atoms with van der Waals surface area (Å²) in [5.74, 6) is 1.22. The van der Waals surface area contributed by atoms with Crippen molar-refractivity contribution in [1.29, 1.82) is 0 Å². The van der Waals surface area contributed by atoms with Gasteiger partial charge in [0.05, 0.1) is 11.1 Å². The van der Waals surface area contributed by atoms with E-state index in [0.29, 0.717) is 35.1 Å². The predicted molar refractivity (Wildman–Crippen MR) is 96.5 cm³/mol. The van der Waals surface area contributed by atoms with E-state index in [9.17, 15) is 4.79 Å². The number of aromatic nitrogens is 3. The van der Waals surface area contributed by atoms with Crippen molar-refractivity contribution >= 4 is 22.8 Å². The van der Waals surface area contributed by atoms with Crippen LogP contribution in [0.5, 0.6) is 5.88 Å². The molecule has 136 valence electrons. The molecule has 8 nitrogen and oxygen atoms in total. The van der Waals surface area contributed by atoms with Gasteiger partial charge in [-0.05, 0) is 38.9 Å². The Morgan fingerprint density at radius 1 is 1.38 bits per heavy atom. The van der Waals surface area contributed by atoms with Crippen LogP contribution in [0.2, 0.25) is 0 Å². The Balaban J connectivity index is 1.46. The number of anilines is 1. The molecule has 4 heterocycles. The van der Waals surface area contributed by atoms with E-state index < -0.39 is 0 Å². The molecule has 1 aliphatic rings. The lowest BCUT2D eigenvalue weighted by molar-refractivity contribution is 0.102. The van der Waals surface area contributed by atoms with Gasteiger partial charge in [-0.3, -0.25) is 9.69 Å². The topological polar surface area (TPSA) is 96.3 Å². The molecular weight excluding hydrogens is 334 g/mol. The second-order valence-corrected chi connectivity index (χ2v) is 6.42. The van der Waals surface area contributed by atoms with E-state index in [4.69, 9.17) is 9.26 Å². The van der Waals surface area contributed by atoms with E-state index in [1.54, 1.807) is 19.2 Å². The third-order valence-electron chi connectivity index (χ3n) is 4.47. The number of aromatic amines is 1. The Labute approximate surface area is 150 Å². The van der Waals surface area contributed by atoms with Gasteiger partial charge in [0.1, 0.15) is 17.9 Å². The summed E-state index contributed by atoms with van der Waals surface area (Å²) < 4.78 is 10.7. The van der Waals surface area contributed by atoms with Gasteiger partial charge in [0.15, 0.2) is 5.82 Å². The molecule has 2 N–H and O–H groups in total. The Morgan fingerprint density at radius 3 is 3.00 bits per heavy atom. The van der Waals surface area contributed by atoms with Crippen molar-refractivity contribution in [2.75, 3.05) is 31.6 Å². The molecule has 0 spiro atoms. The van der Waals surface area contributed by atoms with Crippen LogP contribution in [0.3, 0.4) is 0 Å². The summed E-state index contributed by atoms with van der Waals surface area (Å²) in [4.78, 5) is 22.4. The van der Waals surface area contributed by atoms with Crippen molar-refractivity contribution in [2.24, 2.45) is 0 Å². The van der Waals surface area contributed by atoms with Crippen LogP contribution in [0.4, 0.5) is 5.82 Å². The molecule has 3 aromatic heterocycles. The summed E-state index contributed by atoms with van der Waals surface area (Å²) >= 11 is 0. The highest BCUT2D eigenvalue weighted by atomic mass is 16.5. The average molecular weight is 355 g/mol. The summed E-state index contributed by atoms with van der Waals surface area (Å²) in [5.41, 5.74) is 1.78. The SMILES string of the molecule is Cc1cc(NC(=O)c2c[nH]c3ccc(OCCN4CCCC4)nc23)no1. The lowest BCUT2D eigenvalue weighted by Crippen LogP contribution is -2.25. The minimum atomic E-state index is -0.300. The van der Waals surface area contributed by atoms with E-state index in [2.05, 4.69) is 25.3 Å². The predicted octanol–water partition coefficient (Wildman–Crippen LogP) is 2.59. The maximum Gasteiger partial charge on any atom is 0.260 e. The van der Waals surface area contributed by atoms with Gasteiger partial charge < -0.3 is 19.6 Å². The number of likely N-dealkylation sites (tertiary alicyclic amines) is 1. The van der Waals surface area contributed by atoms with Crippen molar-refractivity contribution in [3.8, 4) is 5.88 Å². The first-order valence-corrected chi connectivity index (χ1v) is 8.77. The van der Waals surface area contributed by atoms with Crippen LogP contribution in [0.1, 0.15) is 29.0 Å². The number of hydrogen-bond donors (Lipinski definition) is 2. The van der Waals surface area contributed by atoms with E-state index >= 15 is 0 Å². The largest absolute Gasteiger partial charge is 0.476 e. The molecule has 1 fully saturated rings. The Morgan fingerprint density at radius 2 is 2.23 bits per heavy atom. The highest BCUT2D eigenvalue weighted by Crippen LogP contribution is 2.21. The second kappa shape index (κ2) is 7.17. The quantitative estimate of drug-likeness (QED) is 0.705. The molecule has 1 amide bonds. The van der Waals surface area contributed by atoms with E-state index in [0.717, 1.165) is 25.2 Å². The van der Waals surface area contributed by atoms with Crippen LogP contribution in [0.25, 0.3) is 11.0 Å². The molecule has 1 saturated heterocycles. The third kappa shape index (κ3) is 3.55. The zero-order chi connectivity index (χ0) is 17.9. The third-order valence-corrected chi connectivity index (χ3v) is 4.47. The first-order valence-electron chi connectivity index (χ1n) is 8.77. The summed E-state index contributed by atoms with van der Waals surface area (Å²) in [6, 6.07) is 5.34. The molecule has 0 aliphatic carbocycles. The molecule has 1 aliphatic heterocycles. The number of rotatable bonds is 6. The Kier molecular flexibility index (Phi) is 4.57. The normalized spacial score (nSPS) is 14.8. The standard InChI is InChI=1S/C18H21N5O3/c1-12-10-15(22-26-12)20-18(24)13-11-19-14-4-5-16(21-17(13)14)25-9-8-23-6-2-3-7-23/h4-5,10-11,19H,2-3,6-9H2,1H3,(H,20,22,24). The molecule has 0 bridgehead atoms. The van der Waals surface area contributed by atoms with Gasteiger partial charge in [-0.2, -0.15) is 0 Å². The molecule has 3 aromatic rings. The number of pyridine rings is 1. The van der Waals surface area contributed by atoms with E-state index in [-0.39, 0.29) is 5.91 Å². The lowest BCUT2D eigenvalue weighted by atomic mass is 10.2. The summed E-state index contributed by atoms with van der Waals surface area (Å²) in [7, 11) is 0. The van der Waals surface area contributed by atoms with E-state index in [1.807, 2.05) is 12.1 Å². The fourth-order valence-electron chi connectivity index (χ4n) is 3.13. The van der Waals surface area contributed by atoms with Gasteiger partial charge in [0.25, 0.3) is 5.91 Å². The minimum Gasteiger partial charge on any atom is -0.476 e. The summed E-state index contributed by atoms with van der Waals surface area (Å²) in [5, 5.41) is 6.48. The molecule has 0 radical (unpaired) electrons. The number of nitrogens with zero attached hydrogens (tertiary/aromatic N) is 3. The monoisotopic (exact) mass is 355 g/mol. The highest BCUT2D eigenvalue weighted by Gasteiger charge is 2.16. The van der Waals surface area contributed by atoms with Crippen LogP contribution >= 0.6 is 0 Å². The van der Waals surface area contributed by atoms with Gasteiger partial charge in [-0.15, -0.1) is 0 Å². The maximum atomic E-state index is 12.5. The number of nitrogens with one attached hydrogen (secondary N) is 2. The second-order valence-electron chi connectivity index (χ2n) is 6.42. The Bertz CT molecular complexity index is 911. The van der Waals surface area contributed by atoms with Gasteiger partial charge >= 0.3 is 0 Å². The molecule has 4 rings (SSSR count). The summed E-state index contributed by atoms with van der Waals surface area (Å²) in [6.07, 6.45) is 4.15. The number of H-pyrrole nitrogens is 1. The van der Waals surface area contributed by atoms with Crippen molar-refractivity contribution < 1.29 is 14.1 Å². The zero-order valence-electron chi connectivity index (χ0n) is 14.6. The molecule has 26 heavy (non-hydrogen) atoms. The molecule has 8 heteroatoms. The fraction of sp³-hybridized carbons (Fsp3) is 0.389. The van der Waals surface area contributed by atoms with Crippen molar-refractivity contribution in [1.82, 2.24) is 20.0 Å². The van der Waals surface area contributed by atoms with Crippen molar-refractivity contribution in [2.45, 2.75) is 19.8 Å². The molecule has 0 saturated carbocycles. The van der Waals surface area contributed by atoms with Crippen LogP contribution < -0.4 is 10.1 Å². The van der Waals surface area contributed by atoms with E-state index in [1.165, 1.54) is 12.8 Å². The van der Waals surface area contributed by atoms with Gasteiger partial charge in [0.2, 0.25) is 5.88 Å². The number of amides is 1.